The lowest BCUT2D eigenvalue weighted by atomic mass is 10.1. The first-order valence-corrected chi connectivity index (χ1v) is 8.39. The molecule has 0 spiro atoms. The molecule has 2 N–H and O–H groups in total. The van der Waals surface area contributed by atoms with E-state index in [0.717, 1.165) is 25.2 Å². The minimum Gasteiger partial charge on any atom is -0.398 e. The average molecular weight is 297 g/mol. The van der Waals surface area contributed by atoms with Crippen LogP contribution in [0.15, 0.2) is 17.0 Å². The van der Waals surface area contributed by atoms with E-state index in [0.29, 0.717) is 29.2 Å². The predicted octanol–water partition coefficient (Wildman–Crippen LogP) is 1.21. The van der Waals surface area contributed by atoms with E-state index in [2.05, 4.69) is 11.8 Å². The fourth-order valence-electron chi connectivity index (χ4n) is 2.55. The fraction of sp³-hybridized carbons (Fsp3) is 0.571. The molecule has 1 heterocycles. The van der Waals surface area contributed by atoms with Crippen LogP contribution in [0.1, 0.15) is 18.1 Å². The molecule has 0 amide bonds. The Morgan fingerprint density at radius 3 is 2.30 bits per heavy atom. The van der Waals surface area contributed by atoms with Crippen molar-refractivity contribution in [2.75, 3.05) is 38.5 Å². The molecule has 1 aliphatic rings. The Hall–Kier alpha value is -1.11. The van der Waals surface area contributed by atoms with E-state index in [-0.39, 0.29) is 0 Å². The third kappa shape index (κ3) is 2.82. The highest BCUT2D eigenvalue weighted by atomic mass is 32.2. The number of aryl methyl sites for hydroxylation is 1. The van der Waals surface area contributed by atoms with Gasteiger partial charge in [-0.3, -0.25) is 0 Å². The van der Waals surface area contributed by atoms with Gasteiger partial charge < -0.3 is 10.6 Å². The SMILES string of the molecule is CCN1CCN(S(=O)(=O)c2cc(C)cc(N)c2C)CC1. The molecular weight excluding hydrogens is 274 g/mol. The van der Waals surface area contributed by atoms with Crippen molar-refractivity contribution < 1.29 is 8.42 Å². The number of benzene rings is 1. The van der Waals surface area contributed by atoms with Crippen LogP contribution >= 0.6 is 0 Å². The molecule has 0 saturated carbocycles. The summed E-state index contributed by atoms with van der Waals surface area (Å²) in [6, 6.07) is 3.52. The molecule has 0 atom stereocenters. The van der Waals surface area contributed by atoms with Crippen molar-refractivity contribution in [3.05, 3.63) is 23.3 Å². The van der Waals surface area contributed by atoms with Gasteiger partial charge in [-0.15, -0.1) is 0 Å². The molecule has 0 unspecified atom stereocenters. The summed E-state index contributed by atoms with van der Waals surface area (Å²) < 4.78 is 27.1. The maximum atomic E-state index is 12.8. The second kappa shape index (κ2) is 5.71. The van der Waals surface area contributed by atoms with Gasteiger partial charge in [-0.2, -0.15) is 4.31 Å². The van der Waals surface area contributed by atoms with Crippen molar-refractivity contribution >= 4 is 15.7 Å². The molecular formula is C14H23N3O2S. The van der Waals surface area contributed by atoms with Crippen molar-refractivity contribution in [3.8, 4) is 0 Å². The van der Waals surface area contributed by atoms with Crippen LogP contribution in [0.3, 0.4) is 0 Å². The van der Waals surface area contributed by atoms with E-state index >= 15 is 0 Å². The smallest absolute Gasteiger partial charge is 0.243 e. The number of nitrogen functional groups attached to an aromatic ring is 1. The molecule has 0 aliphatic carbocycles. The highest BCUT2D eigenvalue weighted by Crippen LogP contribution is 2.26. The molecule has 1 aliphatic heterocycles. The molecule has 6 heteroatoms. The third-order valence-corrected chi connectivity index (χ3v) is 5.97. The lowest BCUT2D eigenvalue weighted by Crippen LogP contribution is -2.48. The second-order valence-electron chi connectivity index (χ2n) is 5.32. The van der Waals surface area contributed by atoms with Crippen LogP contribution in [0.4, 0.5) is 5.69 Å². The molecule has 1 fully saturated rings. The summed E-state index contributed by atoms with van der Waals surface area (Å²) in [6.45, 7) is 9.35. The number of piperazine rings is 1. The van der Waals surface area contributed by atoms with E-state index in [4.69, 9.17) is 5.73 Å². The highest BCUT2D eigenvalue weighted by Gasteiger charge is 2.29. The van der Waals surface area contributed by atoms with E-state index in [1.165, 1.54) is 0 Å². The fourth-order valence-corrected chi connectivity index (χ4v) is 4.31. The second-order valence-corrected chi connectivity index (χ2v) is 7.22. The van der Waals surface area contributed by atoms with E-state index in [1.807, 2.05) is 13.0 Å². The van der Waals surface area contributed by atoms with Crippen LogP contribution in [-0.2, 0) is 10.0 Å². The summed E-state index contributed by atoms with van der Waals surface area (Å²) in [5.74, 6) is 0. The zero-order chi connectivity index (χ0) is 14.9. The monoisotopic (exact) mass is 297 g/mol. The molecule has 2 rings (SSSR count). The van der Waals surface area contributed by atoms with Gasteiger partial charge >= 0.3 is 0 Å². The van der Waals surface area contributed by atoms with E-state index < -0.39 is 10.0 Å². The van der Waals surface area contributed by atoms with Gasteiger partial charge in [0.15, 0.2) is 0 Å². The molecule has 0 radical (unpaired) electrons. The molecule has 112 valence electrons. The van der Waals surface area contributed by atoms with Crippen LogP contribution in [-0.4, -0.2) is 50.3 Å². The van der Waals surface area contributed by atoms with Gasteiger partial charge in [0.1, 0.15) is 0 Å². The van der Waals surface area contributed by atoms with Gasteiger partial charge in [-0.05, 0) is 43.7 Å². The summed E-state index contributed by atoms with van der Waals surface area (Å²) in [7, 11) is -3.44. The number of rotatable bonds is 3. The zero-order valence-corrected chi connectivity index (χ0v) is 13.2. The first kappa shape index (κ1) is 15.3. The maximum Gasteiger partial charge on any atom is 0.243 e. The van der Waals surface area contributed by atoms with Gasteiger partial charge in [-0.25, -0.2) is 8.42 Å². The quantitative estimate of drug-likeness (QED) is 0.852. The van der Waals surface area contributed by atoms with Gasteiger partial charge in [0.05, 0.1) is 4.90 Å². The van der Waals surface area contributed by atoms with Crippen molar-refractivity contribution in [1.82, 2.24) is 9.21 Å². The molecule has 0 bridgehead atoms. The minimum absolute atomic E-state index is 0.347. The van der Waals surface area contributed by atoms with Crippen molar-refractivity contribution in [2.45, 2.75) is 25.7 Å². The number of sulfonamides is 1. The minimum atomic E-state index is -3.44. The van der Waals surface area contributed by atoms with Gasteiger partial charge in [0.2, 0.25) is 10.0 Å². The molecule has 0 aromatic heterocycles. The van der Waals surface area contributed by atoms with Crippen molar-refractivity contribution in [3.63, 3.8) is 0 Å². The molecule has 5 nitrogen and oxygen atoms in total. The Bertz CT molecular complexity index is 591. The van der Waals surface area contributed by atoms with Crippen molar-refractivity contribution in [2.24, 2.45) is 0 Å². The number of likely N-dealkylation sites (N-methyl/N-ethyl adjacent to an activating group) is 1. The first-order chi connectivity index (χ1) is 9.36. The number of hydrogen-bond acceptors (Lipinski definition) is 4. The van der Waals surface area contributed by atoms with Gasteiger partial charge in [-0.1, -0.05) is 6.92 Å². The number of nitrogens with zero attached hydrogens (tertiary/aromatic N) is 2. The van der Waals surface area contributed by atoms with Crippen LogP contribution in [0.5, 0.6) is 0 Å². The summed E-state index contributed by atoms with van der Waals surface area (Å²) in [5, 5.41) is 0. The number of nitrogens with two attached hydrogens (primary N) is 1. The Balaban J connectivity index is 2.32. The van der Waals surface area contributed by atoms with Crippen LogP contribution in [0.2, 0.25) is 0 Å². The standard InChI is InChI=1S/C14H23N3O2S/c1-4-16-5-7-17(8-6-16)20(18,19)14-10-11(2)9-13(15)12(14)3/h9-10H,4-8,15H2,1-3H3. The first-order valence-electron chi connectivity index (χ1n) is 6.95. The molecule has 1 saturated heterocycles. The lowest BCUT2D eigenvalue weighted by molar-refractivity contribution is 0.196. The number of anilines is 1. The highest BCUT2D eigenvalue weighted by molar-refractivity contribution is 7.89. The lowest BCUT2D eigenvalue weighted by Gasteiger charge is -2.33. The van der Waals surface area contributed by atoms with Crippen molar-refractivity contribution in [1.29, 1.82) is 0 Å². The topological polar surface area (TPSA) is 66.6 Å². The molecule has 20 heavy (non-hydrogen) atoms. The average Bonchev–Trinajstić information content (AvgIpc) is 2.42. The molecule has 1 aromatic carbocycles. The van der Waals surface area contributed by atoms with E-state index in [1.54, 1.807) is 17.3 Å². The third-order valence-electron chi connectivity index (χ3n) is 3.94. The molecule has 1 aromatic rings. The summed E-state index contributed by atoms with van der Waals surface area (Å²) in [4.78, 5) is 2.60. The van der Waals surface area contributed by atoms with Gasteiger partial charge in [0.25, 0.3) is 0 Å². The summed E-state index contributed by atoms with van der Waals surface area (Å²) in [5.41, 5.74) is 7.96. The largest absolute Gasteiger partial charge is 0.398 e. The Morgan fingerprint density at radius 2 is 1.75 bits per heavy atom. The van der Waals surface area contributed by atoms with E-state index in [9.17, 15) is 8.42 Å². The summed E-state index contributed by atoms with van der Waals surface area (Å²) in [6.07, 6.45) is 0. The Morgan fingerprint density at radius 1 is 1.15 bits per heavy atom. The van der Waals surface area contributed by atoms with Gasteiger partial charge in [0, 0.05) is 31.9 Å². The van der Waals surface area contributed by atoms with Crippen LogP contribution in [0, 0.1) is 13.8 Å². The zero-order valence-electron chi connectivity index (χ0n) is 12.4. The normalized spacial score (nSPS) is 18.4. The Kier molecular flexibility index (Phi) is 4.36. The number of hydrogen-bond donors (Lipinski definition) is 1. The Labute approximate surface area is 121 Å². The van der Waals surface area contributed by atoms with Crippen LogP contribution < -0.4 is 5.73 Å². The predicted molar refractivity (Wildman–Crippen MR) is 81.2 cm³/mol. The maximum absolute atomic E-state index is 12.8. The summed E-state index contributed by atoms with van der Waals surface area (Å²) >= 11 is 0. The van der Waals surface area contributed by atoms with Crippen LogP contribution in [0.25, 0.3) is 0 Å².